The largest absolute Gasteiger partial charge is 0.380 e. The van der Waals surface area contributed by atoms with Crippen LogP contribution < -0.4 is 10.9 Å². The van der Waals surface area contributed by atoms with Crippen molar-refractivity contribution in [2.75, 3.05) is 17.3 Å². The Balaban J connectivity index is 2.22. The van der Waals surface area contributed by atoms with Crippen LogP contribution in [0.4, 0.5) is 11.4 Å². The standard InChI is InChI=1S/C15H17ClN4O5S/c1-10(7-8-26(2,24)25)18-13-9-17-19(15(21)14(13)16)11-3-5-12(6-4-11)20(22)23/h3-6,9-10,18H,7-8H2,1-2H3. The number of non-ortho nitro benzene ring substituents is 1. The molecule has 1 aromatic heterocycles. The number of aromatic nitrogens is 2. The van der Waals surface area contributed by atoms with Crippen molar-refractivity contribution in [3.05, 3.63) is 56.0 Å². The first-order chi connectivity index (χ1) is 12.1. The second-order valence-corrected chi connectivity index (χ2v) is 8.46. The molecule has 26 heavy (non-hydrogen) atoms. The van der Waals surface area contributed by atoms with Crippen molar-refractivity contribution in [3.8, 4) is 5.69 Å². The van der Waals surface area contributed by atoms with Crippen LogP contribution in [0.1, 0.15) is 13.3 Å². The maximum absolute atomic E-state index is 12.4. The van der Waals surface area contributed by atoms with Crippen molar-refractivity contribution in [3.63, 3.8) is 0 Å². The first-order valence-corrected chi connectivity index (χ1v) is 9.99. The lowest BCUT2D eigenvalue weighted by atomic mass is 10.2. The quantitative estimate of drug-likeness (QED) is 0.556. The zero-order chi connectivity index (χ0) is 19.5. The SMILES string of the molecule is CC(CCS(C)(=O)=O)Nc1cnn(-c2ccc([N+](=O)[O-])cc2)c(=O)c1Cl. The number of hydrogen-bond donors (Lipinski definition) is 1. The minimum Gasteiger partial charge on any atom is -0.380 e. The van der Waals surface area contributed by atoms with Gasteiger partial charge in [-0.15, -0.1) is 0 Å². The minimum absolute atomic E-state index is 0.00603. The van der Waals surface area contributed by atoms with Crippen LogP contribution >= 0.6 is 11.6 Å². The fraction of sp³-hybridized carbons (Fsp3) is 0.333. The van der Waals surface area contributed by atoms with Crippen LogP contribution in [0.2, 0.25) is 5.02 Å². The topological polar surface area (TPSA) is 124 Å². The van der Waals surface area contributed by atoms with E-state index in [9.17, 15) is 23.3 Å². The monoisotopic (exact) mass is 400 g/mol. The van der Waals surface area contributed by atoms with E-state index in [1.807, 2.05) is 0 Å². The average Bonchev–Trinajstić information content (AvgIpc) is 2.57. The van der Waals surface area contributed by atoms with Gasteiger partial charge in [0.25, 0.3) is 11.2 Å². The number of nitro benzene ring substituents is 1. The molecule has 1 heterocycles. The molecule has 9 nitrogen and oxygen atoms in total. The van der Waals surface area contributed by atoms with Crippen LogP contribution in [-0.4, -0.2) is 41.2 Å². The molecular formula is C15H17ClN4O5S. The number of nitrogens with zero attached hydrogens (tertiary/aromatic N) is 3. The summed E-state index contributed by atoms with van der Waals surface area (Å²) in [6.07, 6.45) is 2.85. The van der Waals surface area contributed by atoms with Crippen molar-refractivity contribution in [1.29, 1.82) is 0 Å². The van der Waals surface area contributed by atoms with E-state index in [1.165, 1.54) is 30.5 Å². The van der Waals surface area contributed by atoms with Gasteiger partial charge in [-0.2, -0.15) is 9.78 Å². The van der Waals surface area contributed by atoms with Crippen molar-refractivity contribution < 1.29 is 13.3 Å². The van der Waals surface area contributed by atoms with Crippen LogP contribution in [0.5, 0.6) is 0 Å². The fourth-order valence-corrected chi connectivity index (χ4v) is 3.13. The molecule has 0 bridgehead atoms. The summed E-state index contributed by atoms with van der Waals surface area (Å²) < 4.78 is 23.5. The van der Waals surface area contributed by atoms with Gasteiger partial charge in [-0.3, -0.25) is 14.9 Å². The van der Waals surface area contributed by atoms with Crippen LogP contribution in [-0.2, 0) is 9.84 Å². The van der Waals surface area contributed by atoms with Crippen LogP contribution in [0, 0.1) is 10.1 Å². The summed E-state index contributed by atoms with van der Waals surface area (Å²) in [7, 11) is -3.08. The lowest BCUT2D eigenvalue weighted by Gasteiger charge is -2.16. The van der Waals surface area contributed by atoms with Gasteiger partial charge in [0.2, 0.25) is 0 Å². The predicted octanol–water partition coefficient (Wildman–Crippen LogP) is 2.03. The van der Waals surface area contributed by atoms with E-state index in [4.69, 9.17) is 11.6 Å². The Morgan fingerprint density at radius 2 is 1.96 bits per heavy atom. The van der Waals surface area contributed by atoms with Gasteiger partial charge >= 0.3 is 0 Å². The van der Waals surface area contributed by atoms with Gasteiger partial charge in [-0.05, 0) is 25.5 Å². The molecule has 1 aromatic carbocycles. The molecule has 0 fully saturated rings. The Morgan fingerprint density at radius 3 is 2.50 bits per heavy atom. The molecule has 0 saturated carbocycles. The van der Waals surface area contributed by atoms with E-state index in [-0.39, 0.29) is 28.2 Å². The van der Waals surface area contributed by atoms with Crippen LogP contribution in [0.15, 0.2) is 35.3 Å². The van der Waals surface area contributed by atoms with Gasteiger partial charge in [-0.1, -0.05) is 11.6 Å². The Hall–Kier alpha value is -2.46. The molecular weight excluding hydrogens is 384 g/mol. The lowest BCUT2D eigenvalue weighted by molar-refractivity contribution is -0.384. The number of sulfone groups is 1. The highest BCUT2D eigenvalue weighted by Gasteiger charge is 2.14. The third-order valence-electron chi connectivity index (χ3n) is 3.55. The normalized spacial score (nSPS) is 12.6. The van der Waals surface area contributed by atoms with Gasteiger partial charge in [0.1, 0.15) is 14.9 Å². The second kappa shape index (κ2) is 7.83. The summed E-state index contributed by atoms with van der Waals surface area (Å²) in [4.78, 5) is 22.5. The van der Waals surface area contributed by atoms with E-state index < -0.39 is 20.3 Å². The number of halogens is 1. The van der Waals surface area contributed by atoms with Gasteiger partial charge in [0.05, 0.1) is 28.2 Å². The molecule has 0 amide bonds. The van der Waals surface area contributed by atoms with Crippen molar-refractivity contribution in [2.24, 2.45) is 0 Å². The van der Waals surface area contributed by atoms with Crippen molar-refractivity contribution in [1.82, 2.24) is 9.78 Å². The Labute approximate surface area is 154 Å². The number of nitro groups is 1. The smallest absolute Gasteiger partial charge is 0.292 e. The first-order valence-electron chi connectivity index (χ1n) is 7.55. The number of anilines is 1. The maximum atomic E-state index is 12.4. The molecule has 0 spiro atoms. The Bertz CT molecular complexity index is 973. The summed E-state index contributed by atoms with van der Waals surface area (Å²) >= 11 is 6.10. The maximum Gasteiger partial charge on any atom is 0.292 e. The molecule has 11 heteroatoms. The summed E-state index contributed by atoms with van der Waals surface area (Å²) in [6, 6.07) is 5.07. The van der Waals surface area contributed by atoms with E-state index >= 15 is 0 Å². The lowest BCUT2D eigenvalue weighted by Crippen LogP contribution is -2.25. The minimum atomic E-state index is -3.08. The number of rotatable bonds is 7. The number of hydrogen-bond acceptors (Lipinski definition) is 7. The summed E-state index contributed by atoms with van der Waals surface area (Å²) in [5.41, 5.74) is -0.0817. The highest BCUT2D eigenvalue weighted by Crippen LogP contribution is 2.19. The second-order valence-electron chi connectivity index (χ2n) is 5.83. The third-order valence-corrected chi connectivity index (χ3v) is 4.89. The molecule has 0 aliphatic rings. The molecule has 2 rings (SSSR count). The number of nitrogens with one attached hydrogen (secondary N) is 1. The van der Waals surface area contributed by atoms with E-state index in [0.717, 1.165) is 10.9 Å². The Morgan fingerprint density at radius 1 is 1.35 bits per heavy atom. The predicted molar refractivity (Wildman–Crippen MR) is 98.9 cm³/mol. The van der Waals surface area contributed by atoms with E-state index in [1.54, 1.807) is 6.92 Å². The van der Waals surface area contributed by atoms with E-state index in [0.29, 0.717) is 12.1 Å². The molecule has 1 atom stereocenters. The first kappa shape index (κ1) is 19.9. The molecule has 2 aromatic rings. The zero-order valence-electron chi connectivity index (χ0n) is 14.0. The summed E-state index contributed by atoms with van der Waals surface area (Å²) in [5.74, 6) is 0.00603. The highest BCUT2D eigenvalue weighted by molar-refractivity contribution is 7.90. The molecule has 0 aliphatic heterocycles. The molecule has 0 saturated heterocycles. The molecule has 1 unspecified atom stereocenters. The van der Waals surface area contributed by atoms with Crippen LogP contribution in [0.25, 0.3) is 5.69 Å². The van der Waals surface area contributed by atoms with Gasteiger partial charge in [0, 0.05) is 24.4 Å². The average molecular weight is 401 g/mol. The Kier molecular flexibility index (Phi) is 5.98. The fourth-order valence-electron chi connectivity index (χ4n) is 2.16. The van der Waals surface area contributed by atoms with Crippen molar-refractivity contribution in [2.45, 2.75) is 19.4 Å². The summed E-state index contributed by atoms with van der Waals surface area (Å²) in [6.45, 7) is 1.77. The van der Waals surface area contributed by atoms with E-state index in [2.05, 4.69) is 10.4 Å². The summed E-state index contributed by atoms with van der Waals surface area (Å²) in [5, 5.41) is 17.6. The van der Waals surface area contributed by atoms with Crippen molar-refractivity contribution >= 4 is 32.8 Å². The molecule has 0 aliphatic carbocycles. The zero-order valence-corrected chi connectivity index (χ0v) is 15.6. The third kappa shape index (κ3) is 5.02. The van der Waals surface area contributed by atoms with Gasteiger partial charge in [0.15, 0.2) is 0 Å². The number of benzene rings is 1. The molecule has 1 N–H and O–H groups in total. The van der Waals surface area contributed by atoms with Gasteiger partial charge in [-0.25, -0.2) is 8.42 Å². The molecule has 140 valence electrons. The highest BCUT2D eigenvalue weighted by atomic mass is 35.5. The van der Waals surface area contributed by atoms with Crippen LogP contribution in [0.3, 0.4) is 0 Å². The molecule has 0 radical (unpaired) electrons. The van der Waals surface area contributed by atoms with Gasteiger partial charge < -0.3 is 5.32 Å².